The first kappa shape index (κ1) is 14.9. The van der Waals surface area contributed by atoms with Crippen molar-refractivity contribution in [2.24, 2.45) is 11.7 Å². The predicted octanol–water partition coefficient (Wildman–Crippen LogP) is 2.10. The van der Waals surface area contributed by atoms with Crippen molar-refractivity contribution in [3.8, 4) is 0 Å². The zero-order chi connectivity index (χ0) is 14.7. The van der Waals surface area contributed by atoms with Crippen molar-refractivity contribution in [2.45, 2.75) is 25.9 Å². The standard InChI is InChI=1S/C15H20N2O2S/c1-3-13-12(7-8-19-13)15(18)17(2)11-6-4-5-10(9-11)14(16)20/h4-6,9,12-13H,3,7-8H2,1-2H3,(H2,16,20). The molecule has 20 heavy (non-hydrogen) atoms. The second-order valence-corrected chi connectivity index (χ2v) is 5.46. The van der Waals surface area contributed by atoms with Crippen LogP contribution in [0.4, 0.5) is 5.69 Å². The third-order valence-electron chi connectivity index (χ3n) is 3.78. The Morgan fingerprint density at radius 2 is 2.30 bits per heavy atom. The lowest BCUT2D eigenvalue weighted by molar-refractivity contribution is -0.123. The second kappa shape index (κ2) is 6.33. The molecule has 108 valence electrons. The molecule has 2 N–H and O–H groups in total. The van der Waals surface area contributed by atoms with Crippen LogP contribution < -0.4 is 10.6 Å². The summed E-state index contributed by atoms with van der Waals surface area (Å²) >= 11 is 4.97. The highest BCUT2D eigenvalue weighted by molar-refractivity contribution is 7.80. The molecule has 1 heterocycles. The number of ether oxygens (including phenoxy) is 1. The van der Waals surface area contributed by atoms with Crippen molar-refractivity contribution in [2.75, 3.05) is 18.6 Å². The topological polar surface area (TPSA) is 55.6 Å². The molecule has 0 spiro atoms. The molecule has 1 aromatic rings. The molecule has 0 aromatic heterocycles. The maximum atomic E-state index is 12.6. The number of amides is 1. The number of thiocarbonyl (C=S) groups is 1. The highest BCUT2D eigenvalue weighted by atomic mass is 32.1. The summed E-state index contributed by atoms with van der Waals surface area (Å²) in [5.74, 6) is 0.0351. The Hall–Kier alpha value is -1.46. The van der Waals surface area contributed by atoms with E-state index in [9.17, 15) is 4.79 Å². The van der Waals surface area contributed by atoms with Gasteiger partial charge in [0.1, 0.15) is 4.99 Å². The number of nitrogens with two attached hydrogens (primary N) is 1. The maximum absolute atomic E-state index is 12.6. The summed E-state index contributed by atoms with van der Waals surface area (Å²) in [5, 5.41) is 0. The average Bonchev–Trinajstić information content (AvgIpc) is 2.94. The molecule has 0 radical (unpaired) electrons. The van der Waals surface area contributed by atoms with E-state index in [1.165, 1.54) is 0 Å². The molecular weight excluding hydrogens is 272 g/mol. The smallest absolute Gasteiger partial charge is 0.232 e. The van der Waals surface area contributed by atoms with Crippen molar-refractivity contribution < 1.29 is 9.53 Å². The molecule has 2 atom stereocenters. The van der Waals surface area contributed by atoms with Crippen LogP contribution in [0.1, 0.15) is 25.3 Å². The van der Waals surface area contributed by atoms with E-state index in [2.05, 4.69) is 0 Å². The molecule has 1 aliphatic rings. The second-order valence-electron chi connectivity index (χ2n) is 5.02. The third kappa shape index (κ3) is 2.99. The number of hydrogen-bond donors (Lipinski definition) is 1. The summed E-state index contributed by atoms with van der Waals surface area (Å²) in [7, 11) is 1.78. The summed E-state index contributed by atoms with van der Waals surface area (Å²) in [5.41, 5.74) is 7.21. The van der Waals surface area contributed by atoms with E-state index in [0.717, 1.165) is 24.1 Å². The van der Waals surface area contributed by atoms with Crippen LogP contribution in [0.25, 0.3) is 0 Å². The van der Waals surface area contributed by atoms with Crippen LogP contribution in [0.2, 0.25) is 0 Å². The van der Waals surface area contributed by atoms with E-state index >= 15 is 0 Å². The molecule has 1 fully saturated rings. The first-order valence-electron chi connectivity index (χ1n) is 6.83. The van der Waals surface area contributed by atoms with Gasteiger partial charge in [-0.1, -0.05) is 31.3 Å². The molecule has 0 bridgehead atoms. The Bertz CT molecular complexity index is 518. The maximum Gasteiger partial charge on any atom is 0.232 e. The fourth-order valence-corrected chi connectivity index (χ4v) is 2.70. The lowest BCUT2D eigenvalue weighted by atomic mass is 9.98. The predicted molar refractivity (Wildman–Crippen MR) is 83.9 cm³/mol. The Morgan fingerprint density at radius 3 is 2.95 bits per heavy atom. The number of carbonyl (C=O) groups excluding carboxylic acids is 1. The van der Waals surface area contributed by atoms with Gasteiger partial charge in [0.2, 0.25) is 5.91 Å². The summed E-state index contributed by atoms with van der Waals surface area (Å²) in [6, 6.07) is 7.43. The summed E-state index contributed by atoms with van der Waals surface area (Å²) in [4.78, 5) is 14.6. The number of anilines is 1. The minimum atomic E-state index is -0.0570. The molecular formula is C15H20N2O2S. The molecule has 1 aromatic carbocycles. The van der Waals surface area contributed by atoms with Gasteiger partial charge in [-0.3, -0.25) is 4.79 Å². The van der Waals surface area contributed by atoms with Crippen LogP contribution >= 0.6 is 12.2 Å². The van der Waals surface area contributed by atoms with Gasteiger partial charge in [-0.15, -0.1) is 0 Å². The SMILES string of the molecule is CCC1OCCC1C(=O)N(C)c1cccc(C(N)=S)c1. The number of carbonyl (C=O) groups is 1. The highest BCUT2D eigenvalue weighted by Gasteiger charge is 2.34. The zero-order valence-corrected chi connectivity index (χ0v) is 12.7. The Balaban J connectivity index is 2.18. The number of benzene rings is 1. The van der Waals surface area contributed by atoms with Gasteiger partial charge in [-0.25, -0.2) is 0 Å². The molecule has 2 rings (SSSR count). The van der Waals surface area contributed by atoms with Gasteiger partial charge >= 0.3 is 0 Å². The molecule has 4 nitrogen and oxygen atoms in total. The van der Waals surface area contributed by atoms with Gasteiger partial charge in [0.05, 0.1) is 12.0 Å². The van der Waals surface area contributed by atoms with E-state index in [1.807, 2.05) is 31.2 Å². The number of rotatable bonds is 4. The molecule has 2 unspecified atom stereocenters. The van der Waals surface area contributed by atoms with Crippen molar-refractivity contribution >= 4 is 28.8 Å². The third-order valence-corrected chi connectivity index (χ3v) is 4.01. The molecule has 0 saturated carbocycles. The van der Waals surface area contributed by atoms with Gasteiger partial charge < -0.3 is 15.4 Å². The van der Waals surface area contributed by atoms with Gasteiger partial charge in [0, 0.05) is 24.9 Å². The van der Waals surface area contributed by atoms with Crippen LogP contribution in [0.15, 0.2) is 24.3 Å². The lowest BCUT2D eigenvalue weighted by Crippen LogP contribution is -2.36. The normalized spacial score (nSPS) is 21.7. The monoisotopic (exact) mass is 292 g/mol. The van der Waals surface area contributed by atoms with Crippen LogP contribution in [0, 0.1) is 5.92 Å². The summed E-state index contributed by atoms with van der Waals surface area (Å²) in [6.45, 7) is 2.71. The van der Waals surface area contributed by atoms with Crippen molar-refractivity contribution in [3.05, 3.63) is 29.8 Å². The van der Waals surface area contributed by atoms with Crippen LogP contribution in [-0.2, 0) is 9.53 Å². The fourth-order valence-electron chi connectivity index (χ4n) is 2.58. The fraction of sp³-hybridized carbons (Fsp3) is 0.467. The first-order chi connectivity index (χ1) is 9.54. The van der Waals surface area contributed by atoms with E-state index in [1.54, 1.807) is 11.9 Å². The van der Waals surface area contributed by atoms with Gasteiger partial charge in [0.15, 0.2) is 0 Å². The van der Waals surface area contributed by atoms with Crippen molar-refractivity contribution in [1.29, 1.82) is 0 Å². The lowest BCUT2D eigenvalue weighted by Gasteiger charge is -2.24. The molecule has 1 aliphatic heterocycles. The quantitative estimate of drug-likeness (QED) is 0.864. The highest BCUT2D eigenvalue weighted by Crippen LogP contribution is 2.27. The molecule has 1 amide bonds. The van der Waals surface area contributed by atoms with E-state index in [-0.39, 0.29) is 17.9 Å². The molecule has 0 aliphatic carbocycles. The molecule has 5 heteroatoms. The summed E-state index contributed by atoms with van der Waals surface area (Å²) < 4.78 is 5.60. The molecule has 1 saturated heterocycles. The average molecular weight is 292 g/mol. The number of nitrogens with zero attached hydrogens (tertiary/aromatic N) is 1. The summed E-state index contributed by atoms with van der Waals surface area (Å²) in [6.07, 6.45) is 1.68. The van der Waals surface area contributed by atoms with Gasteiger partial charge in [-0.2, -0.15) is 0 Å². The zero-order valence-electron chi connectivity index (χ0n) is 11.8. The Labute approximate surface area is 124 Å². The minimum absolute atomic E-state index is 0.0312. The first-order valence-corrected chi connectivity index (χ1v) is 7.24. The van der Waals surface area contributed by atoms with Gasteiger partial charge in [-0.05, 0) is 25.0 Å². The Morgan fingerprint density at radius 1 is 1.55 bits per heavy atom. The van der Waals surface area contributed by atoms with E-state index in [4.69, 9.17) is 22.7 Å². The largest absolute Gasteiger partial charge is 0.389 e. The van der Waals surface area contributed by atoms with Gasteiger partial charge in [0.25, 0.3) is 0 Å². The van der Waals surface area contributed by atoms with Crippen LogP contribution in [0.5, 0.6) is 0 Å². The van der Waals surface area contributed by atoms with E-state index < -0.39 is 0 Å². The minimum Gasteiger partial charge on any atom is -0.389 e. The van der Waals surface area contributed by atoms with Crippen molar-refractivity contribution in [1.82, 2.24) is 0 Å². The van der Waals surface area contributed by atoms with Crippen molar-refractivity contribution in [3.63, 3.8) is 0 Å². The Kier molecular flexibility index (Phi) is 4.73. The number of hydrogen-bond acceptors (Lipinski definition) is 3. The van der Waals surface area contributed by atoms with Crippen LogP contribution in [-0.4, -0.2) is 30.7 Å². The van der Waals surface area contributed by atoms with E-state index in [0.29, 0.717) is 11.6 Å². The van der Waals surface area contributed by atoms with Crippen LogP contribution in [0.3, 0.4) is 0 Å².